The lowest BCUT2D eigenvalue weighted by Gasteiger charge is -2.46. The standard InChI is InChI=1S/C46H64ClN2O12/c1-10-20-59-23-17-48(31-32-13-14-38(52-3)39(25-32)53-4)16-11-21-60-44(50)30-36(47)46(51)61-22-12-18-49(2)19-15-34-28-40(54-5)41(55-6)29-35(34)37(49)24-33-26-42(56-7)45(58-9)43(27-33)57-8/h13-14,25-30,37H,10-12,15-24,31H2,1-9H3/q+1/b36-30-/t37-,49-/m1/s1. The van der Waals surface area contributed by atoms with Crippen LogP contribution < -0.4 is 33.2 Å². The lowest BCUT2D eigenvalue weighted by Crippen LogP contribution is -2.52. The van der Waals surface area contributed by atoms with E-state index < -0.39 is 11.9 Å². The molecule has 0 saturated heterocycles. The van der Waals surface area contributed by atoms with E-state index in [9.17, 15) is 9.59 Å². The molecule has 15 heteroatoms. The average molecular weight is 872 g/mol. The van der Waals surface area contributed by atoms with Crippen molar-refractivity contribution in [2.75, 3.05) is 109 Å². The van der Waals surface area contributed by atoms with E-state index >= 15 is 0 Å². The fraction of sp³-hybridized carbons (Fsp3) is 0.522. The quantitative estimate of drug-likeness (QED) is 0.0358. The summed E-state index contributed by atoms with van der Waals surface area (Å²) >= 11 is 6.25. The number of nitrogens with zero attached hydrogens (tertiary/aromatic N) is 2. The molecule has 0 radical (unpaired) electrons. The van der Waals surface area contributed by atoms with Crippen LogP contribution in [0.4, 0.5) is 0 Å². The van der Waals surface area contributed by atoms with Crippen LogP contribution >= 0.6 is 11.6 Å². The average Bonchev–Trinajstić information content (AvgIpc) is 3.27. The first-order valence-corrected chi connectivity index (χ1v) is 21.0. The fourth-order valence-electron chi connectivity index (χ4n) is 7.68. The molecule has 61 heavy (non-hydrogen) atoms. The Morgan fingerprint density at radius 2 is 1.34 bits per heavy atom. The smallest absolute Gasteiger partial charge is 0.350 e. The van der Waals surface area contributed by atoms with Gasteiger partial charge in [0.2, 0.25) is 5.75 Å². The number of methoxy groups -OCH3 is 7. The molecule has 4 rings (SSSR count). The Morgan fingerprint density at radius 1 is 0.721 bits per heavy atom. The number of carbonyl (C=O) groups is 2. The Labute approximate surface area is 366 Å². The summed E-state index contributed by atoms with van der Waals surface area (Å²) in [7, 11) is 13.5. The Kier molecular flexibility index (Phi) is 19.6. The molecule has 2 atom stereocenters. The van der Waals surface area contributed by atoms with Crippen LogP contribution in [0.25, 0.3) is 0 Å². The Bertz CT molecular complexity index is 1900. The van der Waals surface area contributed by atoms with Gasteiger partial charge in [0.1, 0.15) is 11.1 Å². The lowest BCUT2D eigenvalue weighted by atomic mass is 9.86. The summed E-state index contributed by atoms with van der Waals surface area (Å²) in [6, 6.07) is 13.9. The van der Waals surface area contributed by atoms with Gasteiger partial charge in [0.05, 0.1) is 89.7 Å². The van der Waals surface area contributed by atoms with Gasteiger partial charge in [-0.2, -0.15) is 0 Å². The minimum atomic E-state index is -0.788. The van der Waals surface area contributed by atoms with E-state index in [0.29, 0.717) is 103 Å². The molecule has 3 aromatic carbocycles. The van der Waals surface area contributed by atoms with E-state index in [2.05, 4.69) is 31.0 Å². The number of benzene rings is 3. The van der Waals surface area contributed by atoms with E-state index in [4.69, 9.17) is 59.0 Å². The number of hydrogen-bond donors (Lipinski definition) is 0. The van der Waals surface area contributed by atoms with Crippen molar-refractivity contribution in [3.05, 3.63) is 75.8 Å². The zero-order valence-corrected chi connectivity index (χ0v) is 38.0. The van der Waals surface area contributed by atoms with Crippen molar-refractivity contribution in [1.29, 1.82) is 0 Å². The second-order valence-corrected chi connectivity index (χ2v) is 15.3. The van der Waals surface area contributed by atoms with Gasteiger partial charge in [-0.15, -0.1) is 0 Å². The van der Waals surface area contributed by atoms with Crippen LogP contribution in [0.3, 0.4) is 0 Å². The number of ether oxygens (including phenoxy) is 10. The van der Waals surface area contributed by atoms with Crippen molar-refractivity contribution in [1.82, 2.24) is 4.90 Å². The number of rotatable bonds is 26. The molecule has 336 valence electrons. The van der Waals surface area contributed by atoms with Crippen LogP contribution in [-0.4, -0.2) is 131 Å². The molecule has 1 aliphatic rings. The molecule has 3 aromatic rings. The van der Waals surface area contributed by atoms with E-state index in [1.54, 1.807) is 49.8 Å². The van der Waals surface area contributed by atoms with Crippen LogP contribution in [-0.2, 0) is 43.2 Å². The third-order valence-corrected chi connectivity index (χ3v) is 11.2. The highest BCUT2D eigenvalue weighted by molar-refractivity contribution is 6.42. The number of carbonyl (C=O) groups excluding carboxylic acids is 2. The maximum absolute atomic E-state index is 12.9. The molecule has 0 bridgehead atoms. The summed E-state index contributed by atoms with van der Waals surface area (Å²) < 4.78 is 56.5. The SMILES string of the molecule is CCCOCCN(CCCOC(=O)/C=C(\Cl)C(=O)OCCC[N@+]1(C)CCc2cc(OC)c(OC)cc2[C@H]1Cc1cc(OC)c(OC)c(OC)c1)Cc1ccc(OC)c(OC)c1. The van der Waals surface area contributed by atoms with Crippen LogP contribution in [0.2, 0.25) is 0 Å². The second kappa shape index (κ2) is 24.5. The topological polar surface area (TPSA) is 130 Å². The third kappa shape index (κ3) is 13.5. The van der Waals surface area contributed by atoms with Gasteiger partial charge >= 0.3 is 11.9 Å². The first-order chi connectivity index (χ1) is 29.5. The predicted molar refractivity (Wildman–Crippen MR) is 233 cm³/mol. The van der Waals surface area contributed by atoms with Crippen molar-refractivity contribution < 1.29 is 61.4 Å². The normalized spacial score (nSPS) is 16.0. The zero-order valence-electron chi connectivity index (χ0n) is 37.3. The van der Waals surface area contributed by atoms with Crippen LogP contribution in [0.1, 0.15) is 54.5 Å². The fourth-order valence-corrected chi connectivity index (χ4v) is 7.82. The summed E-state index contributed by atoms with van der Waals surface area (Å²) in [4.78, 5) is 27.7. The number of halogens is 1. The maximum Gasteiger partial charge on any atom is 0.350 e. The van der Waals surface area contributed by atoms with Crippen LogP contribution in [0, 0.1) is 0 Å². The highest BCUT2D eigenvalue weighted by Gasteiger charge is 2.40. The number of fused-ring (bicyclic) bond motifs is 1. The van der Waals surface area contributed by atoms with Gasteiger partial charge in [-0.1, -0.05) is 24.6 Å². The number of quaternary nitrogens is 1. The van der Waals surface area contributed by atoms with Gasteiger partial charge in [-0.25, -0.2) is 9.59 Å². The molecule has 0 aliphatic carbocycles. The minimum absolute atomic E-state index is 0.00671. The van der Waals surface area contributed by atoms with Gasteiger partial charge in [0.15, 0.2) is 34.5 Å². The summed E-state index contributed by atoms with van der Waals surface area (Å²) in [5, 5.41) is -0.346. The van der Waals surface area contributed by atoms with Gasteiger partial charge < -0.3 is 51.9 Å². The van der Waals surface area contributed by atoms with Crippen LogP contribution in [0.5, 0.6) is 40.2 Å². The first kappa shape index (κ1) is 48.8. The van der Waals surface area contributed by atoms with E-state index in [1.807, 2.05) is 30.3 Å². The van der Waals surface area contributed by atoms with E-state index in [1.165, 1.54) is 5.56 Å². The Hall–Kier alpha value is -4.89. The lowest BCUT2D eigenvalue weighted by molar-refractivity contribution is -0.941. The monoisotopic (exact) mass is 871 g/mol. The maximum atomic E-state index is 12.9. The van der Waals surface area contributed by atoms with E-state index in [-0.39, 0.29) is 24.3 Å². The Morgan fingerprint density at radius 3 is 1.98 bits per heavy atom. The molecule has 0 saturated carbocycles. The number of likely N-dealkylation sites (N-methyl/N-ethyl adjacent to an activating group) is 1. The molecule has 1 heterocycles. The van der Waals surface area contributed by atoms with Crippen molar-refractivity contribution >= 4 is 23.5 Å². The van der Waals surface area contributed by atoms with Crippen molar-refractivity contribution in [3.8, 4) is 40.2 Å². The molecular formula is C46H64ClN2O12+. The molecular weight excluding hydrogens is 808 g/mol. The molecule has 0 fully saturated rings. The summed E-state index contributed by atoms with van der Waals surface area (Å²) in [6.07, 6.45) is 4.48. The van der Waals surface area contributed by atoms with Gasteiger partial charge in [0, 0.05) is 57.1 Å². The highest BCUT2D eigenvalue weighted by atomic mass is 35.5. The second-order valence-electron chi connectivity index (χ2n) is 14.9. The zero-order chi connectivity index (χ0) is 44.4. The van der Waals surface area contributed by atoms with E-state index in [0.717, 1.165) is 42.2 Å². The Balaban J connectivity index is 1.34. The third-order valence-electron chi connectivity index (χ3n) is 10.9. The first-order valence-electron chi connectivity index (χ1n) is 20.6. The molecule has 1 aliphatic heterocycles. The molecule has 14 nitrogen and oxygen atoms in total. The molecule has 0 amide bonds. The largest absolute Gasteiger partial charge is 0.493 e. The summed E-state index contributed by atoms with van der Waals surface area (Å²) in [6.45, 7) is 7.09. The number of hydrogen-bond acceptors (Lipinski definition) is 13. The van der Waals surface area contributed by atoms with Crippen molar-refractivity contribution in [2.45, 2.75) is 51.6 Å². The number of esters is 2. The van der Waals surface area contributed by atoms with Crippen molar-refractivity contribution in [3.63, 3.8) is 0 Å². The minimum Gasteiger partial charge on any atom is -0.493 e. The van der Waals surface area contributed by atoms with Gasteiger partial charge in [0.25, 0.3) is 0 Å². The van der Waals surface area contributed by atoms with Gasteiger partial charge in [-0.3, -0.25) is 4.90 Å². The van der Waals surface area contributed by atoms with Crippen molar-refractivity contribution in [2.24, 2.45) is 0 Å². The van der Waals surface area contributed by atoms with Crippen LogP contribution in [0.15, 0.2) is 53.6 Å². The molecule has 0 N–H and O–H groups in total. The summed E-state index contributed by atoms with van der Waals surface area (Å²) in [5.74, 6) is 2.83. The van der Waals surface area contributed by atoms with Gasteiger partial charge in [-0.05, 0) is 65.9 Å². The summed E-state index contributed by atoms with van der Waals surface area (Å²) in [5.41, 5.74) is 4.39. The molecule has 0 aromatic heterocycles. The predicted octanol–water partition coefficient (Wildman–Crippen LogP) is 6.95. The highest BCUT2D eigenvalue weighted by Crippen LogP contribution is 2.45. The molecule has 0 spiro atoms. The molecule has 0 unspecified atom stereocenters.